The molecule has 2 aromatic carbocycles. The minimum Gasteiger partial charge on any atom is -0.493 e. The number of nitrogens with zero attached hydrogens (tertiary/aromatic N) is 1. The van der Waals surface area contributed by atoms with E-state index in [1.165, 1.54) is 5.56 Å². The van der Waals surface area contributed by atoms with Gasteiger partial charge in [-0.2, -0.15) is 0 Å². The zero-order valence-corrected chi connectivity index (χ0v) is 12.7. The molecule has 114 valence electrons. The molecule has 23 heavy (non-hydrogen) atoms. The van der Waals surface area contributed by atoms with Crippen molar-refractivity contribution in [3.05, 3.63) is 72.4 Å². The molecule has 0 amide bonds. The summed E-state index contributed by atoms with van der Waals surface area (Å²) in [6.45, 7) is 0.776. The minimum absolute atomic E-state index is 0.745. The second kappa shape index (κ2) is 6.13. The van der Waals surface area contributed by atoms with Crippen molar-refractivity contribution in [2.24, 2.45) is 0 Å². The molecule has 0 N–H and O–H groups in total. The van der Waals surface area contributed by atoms with E-state index >= 15 is 0 Å². The first-order chi connectivity index (χ1) is 11.4. The van der Waals surface area contributed by atoms with E-state index in [1.807, 2.05) is 54.6 Å². The van der Waals surface area contributed by atoms with Crippen molar-refractivity contribution < 1.29 is 9.47 Å². The molecular weight excluding hydrogens is 286 g/mol. The molecule has 1 aromatic heterocycles. The Kier molecular flexibility index (Phi) is 3.68. The van der Waals surface area contributed by atoms with Gasteiger partial charge in [0.2, 0.25) is 0 Å². The SMILES string of the molecule is c1ccc(-c2ncccc2Oc2ccc3c(c2)OCCC3)cc1. The maximum Gasteiger partial charge on any atom is 0.153 e. The average molecular weight is 303 g/mol. The largest absolute Gasteiger partial charge is 0.493 e. The predicted octanol–water partition coefficient (Wildman–Crippen LogP) is 4.87. The molecule has 0 aliphatic carbocycles. The van der Waals surface area contributed by atoms with E-state index < -0.39 is 0 Å². The lowest BCUT2D eigenvalue weighted by atomic mass is 10.1. The Labute approximate surface area is 135 Å². The quantitative estimate of drug-likeness (QED) is 0.692. The number of aromatic nitrogens is 1. The summed E-state index contributed by atoms with van der Waals surface area (Å²) in [4.78, 5) is 4.48. The van der Waals surface area contributed by atoms with Gasteiger partial charge in [-0.3, -0.25) is 4.98 Å². The standard InChI is InChI=1S/C20H17NO2/c1-2-6-16(7-3-1)20-18(9-4-12-21-20)23-17-11-10-15-8-5-13-22-19(15)14-17/h1-4,6-7,9-12,14H,5,8,13H2. The van der Waals surface area contributed by atoms with Crippen molar-refractivity contribution in [3.8, 4) is 28.5 Å². The fourth-order valence-electron chi connectivity index (χ4n) is 2.80. The van der Waals surface area contributed by atoms with Gasteiger partial charge in [0.15, 0.2) is 5.75 Å². The van der Waals surface area contributed by atoms with Gasteiger partial charge in [-0.25, -0.2) is 0 Å². The topological polar surface area (TPSA) is 31.4 Å². The van der Waals surface area contributed by atoms with Crippen LogP contribution in [0.3, 0.4) is 0 Å². The highest BCUT2D eigenvalue weighted by atomic mass is 16.5. The van der Waals surface area contributed by atoms with Crippen LogP contribution in [0.4, 0.5) is 0 Å². The van der Waals surface area contributed by atoms with E-state index in [2.05, 4.69) is 11.1 Å². The highest BCUT2D eigenvalue weighted by Gasteiger charge is 2.13. The Morgan fingerprint density at radius 3 is 2.78 bits per heavy atom. The molecule has 0 radical (unpaired) electrons. The molecule has 3 nitrogen and oxygen atoms in total. The summed E-state index contributed by atoms with van der Waals surface area (Å²) in [5, 5.41) is 0. The van der Waals surface area contributed by atoms with Crippen molar-refractivity contribution in [2.45, 2.75) is 12.8 Å². The Balaban J connectivity index is 1.67. The third-order valence-corrected chi connectivity index (χ3v) is 3.93. The van der Waals surface area contributed by atoms with Gasteiger partial charge in [-0.1, -0.05) is 36.4 Å². The Bertz CT molecular complexity index is 815. The Morgan fingerprint density at radius 2 is 1.87 bits per heavy atom. The van der Waals surface area contributed by atoms with Crippen LogP contribution in [0.5, 0.6) is 17.2 Å². The second-order valence-corrected chi connectivity index (χ2v) is 5.54. The van der Waals surface area contributed by atoms with E-state index in [1.54, 1.807) is 6.20 Å². The number of pyridine rings is 1. The van der Waals surface area contributed by atoms with Crippen LogP contribution >= 0.6 is 0 Å². The molecule has 0 spiro atoms. The predicted molar refractivity (Wildman–Crippen MR) is 90.0 cm³/mol. The van der Waals surface area contributed by atoms with Gasteiger partial charge in [0, 0.05) is 17.8 Å². The fourth-order valence-corrected chi connectivity index (χ4v) is 2.80. The number of hydrogen-bond acceptors (Lipinski definition) is 3. The van der Waals surface area contributed by atoms with Gasteiger partial charge in [0.1, 0.15) is 17.2 Å². The summed E-state index contributed by atoms with van der Waals surface area (Å²) in [7, 11) is 0. The van der Waals surface area contributed by atoms with Crippen molar-refractivity contribution in [2.75, 3.05) is 6.61 Å². The lowest BCUT2D eigenvalue weighted by Gasteiger charge is -2.18. The van der Waals surface area contributed by atoms with Gasteiger partial charge in [0.25, 0.3) is 0 Å². The third kappa shape index (κ3) is 2.90. The van der Waals surface area contributed by atoms with Gasteiger partial charge < -0.3 is 9.47 Å². The summed E-state index contributed by atoms with van der Waals surface area (Å²) in [5.74, 6) is 2.45. The van der Waals surface area contributed by atoms with Crippen LogP contribution in [0.2, 0.25) is 0 Å². The lowest BCUT2D eigenvalue weighted by Crippen LogP contribution is -2.08. The summed E-state index contributed by atoms with van der Waals surface area (Å²) < 4.78 is 11.8. The normalized spacial score (nSPS) is 13.0. The molecule has 0 fully saturated rings. The number of fused-ring (bicyclic) bond motifs is 1. The molecule has 3 aromatic rings. The number of ether oxygens (including phenoxy) is 2. The van der Waals surface area contributed by atoms with Crippen LogP contribution in [0.25, 0.3) is 11.3 Å². The van der Waals surface area contributed by atoms with Gasteiger partial charge >= 0.3 is 0 Å². The monoisotopic (exact) mass is 303 g/mol. The number of benzene rings is 2. The molecule has 0 unspecified atom stereocenters. The fraction of sp³-hybridized carbons (Fsp3) is 0.150. The second-order valence-electron chi connectivity index (χ2n) is 5.54. The highest BCUT2D eigenvalue weighted by molar-refractivity contribution is 5.66. The number of hydrogen-bond donors (Lipinski definition) is 0. The van der Waals surface area contributed by atoms with Gasteiger partial charge in [-0.05, 0) is 36.6 Å². The molecule has 1 aliphatic heterocycles. The molecule has 0 atom stereocenters. The van der Waals surface area contributed by atoms with Crippen molar-refractivity contribution in [1.82, 2.24) is 4.98 Å². The first kappa shape index (κ1) is 13.8. The highest BCUT2D eigenvalue weighted by Crippen LogP contribution is 2.34. The molecule has 0 saturated carbocycles. The van der Waals surface area contributed by atoms with Crippen LogP contribution in [-0.4, -0.2) is 11.6 Å². The first-order valence-electron chi connectivity index (χ1n) is 7.84. The Hall–Kier alpha value is -2.81. The first-order valence-corrected chi connectivity index (χ1v) is 7.84. The van der Waals surface area contributed by atoms with Crippen LogP contribution in [-0.2, 0) is 6.42 Å². The van der Waals surface area contributed by atoms with E-state index in [0.29, 0.717) is 0 Å². The number of rotatable bonds is 3. The van der Waals surface area contributed by atoms with Crippen LogP contribution in [0.15, 0.2) is 66.9 Å². The minimum atomic E-state index is 0.745. The van der Waals surface area contributed by atoms with E-state index in [0.717, 1.165) is 48.0 Å². The van der Waals surface area contributed by atoms with Crippen LogP contribution in [0.1, 0.15) is 12.0 Å². The molecule has 1 aliphatic rings. The van der Waals surface area contributed by atoms with Crippen LogP contribution < -0.4 is 9.47 Å². The third-order valence-electron chi connectivity index (χ3n) is 3.93. The average Bonchev–Trinajstić information content (AvgIpc) is 2.63. The smallest absolute Gasteiger partial charge is 0.153 e. The zero-order valence-electron chi connectivity index (χ0n) is 12.7. The lowest BCUT2D eigenvalue weighted by molar-refractivity contribution is 0.287. The molecule has 3 heteroatoms. The molecule has 0 bridgehead atoms. The Morgan fingerprint density at radius 1 is 0.957 bits per heavy atom. The maximum absolute atomic E-state index is 6.09. The van der Waals surface area contributed by atoms with Crippen LogP contribution in [0, 0.1) is 0 Å². The molecule has 0 saturated heterocycles. The molecule has 2 heterocycles. The molecular formula is C20H17NO2. The van der Waals surface area contributed by atoms with Crippen molar-refractivity contribution in [1.29, 1.82) is 0 Å². The van der Waals surface area contributed by atoms with Crippen molar-refractivity contribution in [3.63, 3.8) is 0 Å². The van der Waals surface area contributed by atoms with Crippen molar-refractivity contribution >= 4 is 0 Å². The summed E-state index contributed by atoms with van der Waals surface area (Å²) in [6, 6.07) is 19.9. The number of aryl methyl sites for hydroxylation is 1. The maximum atomic E-state index is 6.09. The van der Waals surface area contributed by atoms with Gasteiger partial charge in [-0.15, -0.1) is 0 Å². The van der Waals surface area contributed by atoms with Gasteiger partial charge in [0.05, 0.1) is 6.61 Å². The summed E-state index contributed by atoms with van der Waals surface area (Å²) >= 11 is 0. The zero-order chi connectivity index (χ0) is 15.5. The molecule has 4 rings (SSSR count). The van der Waals surface area contributed by atoms with E-state index in [9.17, 15) is 0 Å². The van der Waals surface area contributed by atoms with E-state index in [-0.39, 0.29) is 0 Å². The van der Waals surface area contributed by atoms with E-state index in [4.69, 9.17) is 9.47 Å². The summed E-state index contributed by atoms with van der Waals surface area (Å²) in [5.41, 5.74) is 3.13. The summed E-state index contributed by atoms with van der Waals surface area (Å²) in [6.07, 6.45) is 3.93.